The van der Waals surface area contributed by atoms with Crippen molar-refractivity contribution in [2.45, 2.75) is 44.7 Å². The second-order valence-electron chi connectivity index (χ2n) is 12.8. The maximum absolute atomic E-state index is 14.8. The predicted octanol–water partition coefficient (Wildman–Crippen LogP) is 8.70. The fourth-order valence-electron chi connectivity index (χ4n) is 5.48. The summed E-state index contributed by atoms with van der Waals surface area (Å²) in [7, 11) is -4.28. The summed E-state index contributed by atoms with van der Waals surface area (Å²) in [4.78, 5) is 30.2. The van der Waals surface area contributed by atoms with Gasteiger partial charge in [0.2, 0.25) is 11.8 Å². The third-order valence-corrected chi connectivity index (χ3v) is 10.8. The number of nitrogens with zero attached hydrogens (tertiary/aromatic N) is 2. The van der Waals surface area contributed by atoms with E-state index >= 15 is 0 Å². The topological polar surface area (TPSA) is 96.0 Å². The molecule has 2 amide bonds. The molecule has 0 aliphatic rings. The Morgan fingerprint density at radius 3 is 1.98 bits per heavy atom. The van der Waals surface area contributed by atoms with Gasteiger partial charge in [0.15, 0.2) is 0 Å². The molecule has 5 aromatic carbocycles. The van der Waals surface area contributed by atoms with E-state index in [1.54, 1.807) is 54.6 Å². The van der Waals surface area contributed by atoms with E-state index < -0.39 is 28.5 Å². The zero-order valence-electron chi connectivity index (χ0n) is 29.2. The van der Waals surface area contributed by atoms with Crippen LogP contribution < -0.4 is 14.4 Å². The fourth-order valence-corrected chi connectivity index (χ4v) is 7.22. The van der Waals surface area contributed by atoms with Gasteiger partial charge < -0.3 is 15.0 Å². The third-order valence-electron chi connectivity index (χ3n) is 8.28. The Hall–Kier alpha value is -4.83. The van der Waals surface area contributed by atoms with Gasteiger partial charge in [0, 0.05) is 19.5 Å². The number of ether oxygens (including phenoxy) is 1. The van der Waals surface area contributed by atoms with Crippen LogP contribution in [-0.4, -0.2) is 44.3 Å². The lowest BCUT2D eigenvalue weighted by Gasteiger charge is -2.34. The Labute approximate surface area is 316 Å². The fraction of sp³-hybridized carbons (Fsp3) is 0.220. The molecular formula is C41H41Cl2N3O5S. The molecule has 0 spiro atoms. The van der Waals surface area contributed by atoms with Crippen molar-refractivity contribution < 1.29 is 22.7 Å². The number of sulfonamides is 1. The molecule has 5 aromatic rings. The highest BCUT2D eigenvalue weighted by Crippen LogP contribution is 2.30. The molecule has 0 aliphatic carbocycles. The minimum atomic E-state index is -4.28. The van der Waals surface area contributed by atoms with Crippen molar-refractivity contribution in [2.24, 2.45) is 5.92 Å². The number of carbonyl (C=O) groups excluding carboxylic acids is 2. The summed E-state index contributed by atoms with van der Waals surface area (Å²) >= 11 is 12.6. The van der Waals surface area contributed by atoms with Crippen LogP contribution in [0.25, 0.3) is 0 Å². The average Bonchev–Trinajstić information content (AvgIpc) is 3.13. The molecule has 8 nitrogen and oxygen atoms in total. The van der Waals surface area contributed by atoms with Crippen LogP contribution in [0.4, 0.5) is 5.69 Å². The molecule has 0 heterocycles. The van der Waals surface area contributed by atoms with Crippen LogP contribution in [0.3, 0.4) is 0 Å². The molecule has 0 saturated carbocycles. The first kappa shape index (κ1) is 38.4. The van der Waals surface area contributed by atoms with Crippen LogP contribution in [0.2, 0.25) is 10.0 Å². The number of hydrogen-bond donors (Lipinski definition) is 1. The Bertz CT molecular complexity index is 2060. The molecular weight excluding hydrogens is 717 g/mol. The Morgan fingerprint density at radius 1 is 0.750 bits per heavy atom. The highest BCUT2D eigenvalue weighted by atomic mass is 35.5. The number of hydrogen-bond acceptors (Lipinski definition) is 5. The van der Waals surface area contributed by atoms with E-state index in [1.807, 2.05) is 81.4 Å². The van der Waals surface area contributed by atoms with E-state index in [-0.39, 0.29) is 40.4 Å². The minimum Gasteiger partial charge on any atom is -0.457 e. The molecule has 1 atom stereocenters. The SMILES string of the molecule is Cc1ccc(S(=O)(=O)N(CC(=O)N(Cc2ccc(Cl)c(Cl)c2)[C@H](Cc2ccccc2)C(=O)NCC(C)C)c2ccc(Oc3ccccc3)cc2)cc1. The molecule has 0 aliphatic heterocycles. The van der Waals surface area contributed by atoms with Crippen molar-refractivity contribution in [1.29, 1.82) is 0 Å². The summed E-state index contributed by atoms with van der Waals surface area (Å²) in [6.07, 6.45) is 0.189. The largest absolute Gasteiger partial charge is 0.457 e. The van der Waals surface area contributed by atoms with Gasteiger partial charge in [-0.1, -0.05) is 109 Å². The zero-order chi connectivity index (χ0) is 37.3. The summed E-state index contributed by atoms with van der Waals surface area (Å²) in [5, 5.41) is 3.62. The molecule has 52 heavy (non-hydrogen) atoms. The monoisotopic (exact) mass is 757 g/mol. The smallest absolute Gasteiger partial charge is 0.264 e. The van der Waals surface area contributed by atoms with Crippen molar-refractivity contribution >= 4 is 50.7 Å². The Morgan fingerprint density at radius 2 is 1.37 bits per heavy atom. The molecule has 0 unspecified atom stereocenters. The predicted molar refractivity (Wildman–Crippen MR) is 207 cm³/mol. The van der Waals surface area contributed by atoms with Gasteiger partial charge in [-0.2, -0.15) is 0 Å². The first-order chi connectivity index (χ1) is 24.9. The van der Waals surface area contributed by atoms with E-state index in [0.29, 0.717) is 28.6 Å². The number of para-hydroxylation sites is 1. The van der Waals surface area contributed by atoms with Gasteiger partial charge >= 0.3 is 0 Å². The lowest BCUT2D eigenvalue weighted by molar-refractivity contribution is -0.140. The van der Waals surface area contributed by atoms with E-state index in [0.717, 1.165) is 15.4 Å². The van der Waals surface area contributed by atoms with Crippen molar-refractivity contribution in [3.63, 3.8) is 0 Å². The highest BCUT2D eigenvalue weighted by Gasteiger charge is 2.35. The van der Waals surface area contributed by atoms with Gasteiger partial charge in [-0.3, -0.25) is 13.9 Å². The Balaban J connectivity index is 1.57. The quantitative estimate of drug-likeness (QED) is 0.115. The van der Waals surface area contributed by atoms with Crippen molar-refractivity contribution in [3.05, 3.63) is 154 Å². The summed E-state index contributed by atoms with van der Waals surface area (Å²) in [5.41, 5.74) is 2.57. The van der Waals surface area contributed by atoms with Gasteiger partial charge in [-0.05, 0) is 84.6 Å². The average molecular weight is 759 g/mol. The number of halogens is 2. The van der Waals surface area contributed by atoms with Crippen LogP contribution in [0, 0.1) is 12.8 Å². The molecule has 5 rings (SSSR count). The second kappa shape index (κ2) is 17.6. The molecule has 0 aromatic heterocycles. The minimum absolute atomic E-state index is 0.0158. The lowest BCUT2D eigenvalue weighted by atomic mass is 10.0. The lowest BCUT2D eigenvalue weighted by Crippen LogP contribution is -2.53. The number of nitrogens with one attached hydrogen (secondary N) is 1. The van der Waals surface area contributed by atoms with Gasteiger partial charge in [0.05, 0.1) is 20.6 Å². The van der Waals surface area contributed by atoms with Gasteiger partial charge in [-0.25, -0.2) is 8.42 Å². The van der Waals surface area contributed by atoms with Crippen molar-refractivity contribution in [2.75, 3.05) is 17.4 Å². The zero-order valence-corrected chi connectivity index (χ0v) is 31.5. The molecule has 0 radical (unpaired) electrons. The van der Waals surface area contributed by atoms with Gasteiger partial charge in [0.25, 0.3) is 10.0 Å². The van der Waals surface area contributed by atoms with Crippen molar-refractivity contribution in [3.8, 4) is 11.5 Å². The number of rotatable bonds is 15. The molecule has 270 valence electrons. The normalized spacial score (nSPS) is 11.9. The van der Waals surface area contributed by atoms with Crippen LogP contribution in [0.5, 0.6) is 11.5 Å². The van der Waals surface area contributed by atoms with E-state index in [1.165, 1.54) is 17.0 Å². The number of benzene rings is 5. The van der Waals surface area contributed by atoms with E-state index in [2.05, 4.69) is 5.32 Å². The van der Waals surface area contributed by atoms with Crippen LogP contribution in [0.1, 0.15) is 30.5 Å². The highest BCUT2D eigenvalue weighted by molar-refractivity contribution is 7.92. The molecule has 11 heteroatoms. The number of carbonyl (C=O) groups is 2. The Kier molecular flexibility index (Phi) is 13.0. The van der Waals surface area contributed by atoms with Crippen LogP contribution in [0.15, 0.2) is 132 Å². The number of aryl methyl sites for hydroxylation is 1. The molecule has 1 N–H and O–H groups in total. The first-order valence-corrected chi connectivity index (χ1v) is 19.1. The molecule has 0 saturated heterocycles. The van der Waals surface area contributed by atoms with Crippen molar-refractivity contribution in [1.82, 2.24) is 10.2 Å². The van der Waals surface area contributed by atoms with Crippen LogP contribution in [-0.2, 0) is 32.6 Å². The number of amides is 2. The van der Waals surface area contributed by atoms with E-state index in [9.17, 15) is 18.0 Å². The summed E-state index contributed by atoms with van der Waals surface area (Å²) < 4.78 is 35.8. The number of anilines is 1. The maximum atomic E-state index is 14.8. The second-order valence-corrected chi connectivity index (χ2v) is 15.5. The summed E-state index contributed by atoms with van der Waals surface area (Å²) in [5.74, 6) is 0.311. The van der Waals surface area contributed by atoms with Gasteiger partial charge in [0.1, 0.15) is 24.1 Å². The molecule has 0 fully saturated rings. The third kappa shape index (κ3) is 10.2. The molecule has 0 bridgehead atoms. The first-order valence-electron chi connectivity index (χ1n) is 16.9. The maximum Gasteiger partial charge on any atom is 0.264 e. The summed E-state index contributed by atoms with van der Waals surface area (Å²) in [6.45, 7) is 5.58. The van der Waals surface area contributed by atoms with Gasteiger partial charge in [-0.15, -0.1) is 0 Å². The van der Waals surface area contributed by atoms with E-state index in [4.69, 9.17) is 27.9 Å². The standard InChI is InChI=1S/C41H41Cl2N3O5S/c1-29(2)26-44-41(48)39(25-31-10-6-4-7-11-31)45(27-32-16-23-37(42)38(43)24-32)40(47)28-46(52(49,50)36-21-14-30(3)15-22-36)33-17-19-35(20-18-33)51-34-12-8-5-9-13-34/h4-24,29,39H,25-28H2,1-3H3,(H,44,48)/t39-/m1/s1. The van der Waals surface area contributed by atoms with Crippen LogP contribution >= 0.6 is 23.2 Å². The summed E-state index contributed by atoms with van der Waals surface area (Å²) in [6, 6.07) is 35.5.